The molecule has 2 rings (SSSR count). The fourth-order valence-electron chi connectivity index (χ4n) is 1.86. The Balaban J connectivity index is 2.34. The van der Waals surface area contributed by atoms with Crippen LogP contribution in [0.5, 0.6) is 0 Å². The molecular formula is C11H17N3O2S2. The lowest BCUT2D eigenvalue weighted by atomic mass is 10.2. The molecule has 1 heterocycles. The van der Waals surface area contributed by atoms with Crippen molar-refractivity contribution < 1.29 is 8.42 Å². The molecule has 0 aromatic heterocycles. The molecule has 1 fully saturated rings. The van der Waals surface area contributed by atoms with E-state index in [4.69, 9.17) is 5.73 Å². The fraction of sp³-hybridized carbons (Fsp3) is 0.455. The number of thioether (sulfide) groups is 1. The number of benzene rings is 1. The predicted molar refractivity (Wildman–Crippen MR) is 76.5 cm³/mol. The van der Waals surface area contributed by atoms with Crippen LogP contribution < -0.4 is 15.8 Å². The van der Waals surface area contributed by atoms with Crippen molar-refractivity contribution in [2.24, 2.45) is 0 Å². The lowest BCUT2D eigenvalue weighted by Gasteiger charge is -2.17. The molecule has 0 aliphatic carbocycles. The highest BCUT2D eigenvalue weighted by Gasteiger charge is 2.21. The third kappa shape index (κ3) is 2.90. The van der Waals surface area contributed by atoms with E-state index >= 15 is 0 Å². The van der Waals surface area contributed by atoms with Gasteiger partial charge < -0.3 is 11.1 Å². The van der Waals surface area contributed by atoms with Crippen molar-refractivity contribution in [2.75, 3.05) is 29.6 Å². The molecule has 4 N–H and O–H groups in total. The highest BCUT2D eigenvalue weighted by Crippen LogP contribution is 2.27. The predicted octanol–water partition coefficient (Wildman–Crippen LogP) is 1.09. The van der Waals surface area contributed by atoms with Crippen molar-refractivity contribution in [3.8, 4) is 0 Å². The van der Waals surface area contributed by atoms with E-state index in [0.29, 0.717) is 17.4 Å². The number of hydrogen-bond acceptors (Lipinski definition) is 5. The summed E-state index contributed by atoms with van der Waals surface area (Å²) in [6.07, 6.45) is 1.05. The van der Waals surface area contributed by atoms with Crippen molar-refractivity contribution in [3.63, 3.8) is 0 Å². The second-order valence-electron chi connectivity index (χ2n) is 4.17. The van der Waals surface area contributed by atoms with Gasteiger partial charge in [-0.1, -0.05) is 0 Å². The molecule has 18 heavy (non-hydrogen) atoms. The second-order valence-corrected chi connectivity index (χ2v) is 7.17. The minimum absolute atomic E-state index is 0.210. The summed E-state index contributed by atoms with van der Waals surface area (Å²) in [5.41, 5.74) is 6.72. The Bertz CT molecular complexity index is 525. The Hall–Kier alpha value is -0.920. The molecule has 5 nitrogen and oxygen atoms in total. The van der Waals surface area contributed by atoms with Crippen LogP contribution in [0.2, 0.25) is 0 Å². The van der Waals surface area contributed by atoms with Gasteiger partial charge in [0, 0.05) is 17.5 Å². The topological polar surface area (TPSA) is 84.2 Å². The first-order valence-electron chi connectivity index (χ1n) is 5.70. The largest absolute Gasteiger partial charge is 0.399 e. The van der Waals surface area contributed by atoms with Crippen LogP contribution in [0.15, 0.2) is 23.1 Å². The fourth-order valence-corrected chi connectivity index (χ4v) is 3.94. The number of anilines is 2. The Kier molecular flexibility index (Phi) is 4.04. The summed E-state index contributed by atoms with van der Waals surface area (Å²) < 4.78 is 26.2. The van der Waals surface area contributed by atoms with Gasteiger partial charge in [-0.15, -0.1) is 0 Å². The summed E-state index contributed by atoms with van der Waals surface area (Å²) in [4.78, 5) is 0.210. The molecule has 0 amide bonds. The molecule has 1 saturated heterocycles. The van der Waals surface area contributed by atoms with Crippen LogP contribution in [0.3, 0.4) is 0 Å². The smallest absolute Gasteiger partial charge is 0.242 e. The summed E-state index contributed by atoms with van der Waals surface area (Å²) in [5.74, 6) is 2.12. The van der Waals surface area contributed by atoms with Gasteiger partial charge in [0.15, 0.2) is 0 Å². The van der Waals surface area contributed by atoms with E-state index in [1.807, 2.05) is 11.8 Å². The number of rotatable bonds is 4. The third-order valence-electron chi connectivity index (χ3n) is 2.85. The molecule has 1 aliphatic rings. The SMILES string of the molecule is CNS(=O)(=O)c1cc(N)ccc1NC1CCSC1. The monoisotopic (exact) mass is 287 g/mol. The van der Waals surface area contributed by atoms with Crippen LogP contribution in [-0.2, 0) is 10.0 Å². The standard InChI is InChI=1S/C11H17N3O2S2/c1-13-18(15,16)11-6-8(12)2-3-10(11)14-9-4-5-17-7-9/h2-3,6,9,13-14H,4-5,7,12H2,1H3. The van der Waals surface area contributed by atoms with Crippen LogP contribution in [0.4, 0.5) is 11.4 Å². The van der Waals surface area contributed by atoms with Crippen LogP contribution in [0.25, 0.3) is 0 Å². The summed E-state index contributed by atoms with van der Waals surface area (Å²) in [5, 5.41) is 3.28. The van der Waals surface area contributed by atoms with Crippen molar-refractivity contribution >= 4 is 33.2 Å². The zero-order valence-corrected chi connectivity index (χ0v) is 11.8. The van der Waals surface area contributed by atoms with Gasteiger partial charge in [0.1, 0.15) is 4.90 Å². The van der Waals surface area contributed by atoms with Gasteiger partial charge >= 0.3 is 0 Å². The summed E-state index contributed by atoms with van der Waals surface area (Å²) in [7, 11) is -2.10. The van der Waals surface area contributed by atoms with Crippen LogP contribution in [0, 0.1) is 0 Å². The lowest BCUT2D eigenvalue weighted by molar-refractivity contribution is 0.588. The molecule has 1 aromatic rings. The van der Waals surface area contributed by atoms with Gasteiger partial charge in [0.2, 0.25) is 10.0 Å². The molecule has 1 atom stereocenters. The van der Waals surface area contributed by atoms with Gasteiger partial charge in [-0.25, -0.2) is 13.1 Å². The number of nitrogen functional groups attached to an aromatic ring is 1. The highest BCUT2D eigenvalue weighted by atomic mass is 32.2. The third-order valence-corrected chi connectivity index (χ3v) is 5.47. The van der Waals surface area contributed by atoms with Gasteiger partial charge in [-0.2, -0.15) is 11.8 Å². The summed E-state index contributed by atoms with van der Waals surface area (Å²) in [6.45, 7) is 0. The van der Waals surface area contributed by atoms with E-state index in [0.717, 1.165) is 17.9 Å². The first kappa shape index (κ1) is 13.5. The van der Waals surface area contributed by atoms with E-state index < -0.39 is 10.0 Å². The zero-order chi connectivity index (χ0) is 13.2. The van der Waals surface area contributed by atoms with Crippen molar-refractivity contribution in [1.29, 1.82) is 0 Å². The summed E-state index contributed by atoms with van der Waals surface area (Å²) in [6, 6.07) is 5.24. The lowest BCUT2D eigenvalue weighted by Crippen LogP contribution is -2.24. The average molecular weight is 287 g/mol. The Morgan fingerprint density at radius 1 is 1.44 bits per heavy atom. The van der Waals surface area contributed by atoms with E-state index in [1.54, 1.807) is 12.1 Å². The van der Waals surface area contributed by atoms with E-state index in [9.17, 15) is 8.42 Å². The number of nitrogens with two attached hydrogens (primary N) is 1. The molecule has 7 heteroatoms. The highest BCUT2D eigenvalue weighted by molar-refractivity contribution is 7.99. The van der Waals surface area contributed by atoms with E-state index in [2.05, 4.69) is 10.0 Å². The number of sulfonamides is 1. The van der Waals surface area contributed by atoms with Gasteiger partial charge in [0.05, 0.1) is 5.69 Å². The first-order chi connectivity index (χ1) is 8.53. The molecule has 0 radical (unpaired) electrons. The molecule has 1 aliphatic heterocycles. The Labute approximate surface area is 112 Å². The minimum Gasteiger partial charge on any atom is -0.399 e. The molecule has 0 saturated carbocycles. The molecule has 100 valence electrons. The number of nitrogens with one attached hydrogen (secondary N) is 2. The van der Waals surface area contributed by atoms with Crippen molar-refractivity contribution in [2.45, 2.75) is 17.4 Å². The van der Waals surface area contributed by atoms with Gasteiger partial charge in [-0.3, -0.25) is 0 Å². The average Bonchev–Trinajstić information content (AvgIpc) is 2.84. The van der Waals surface area contributed by atoms with Crippen molar-refractivity contribution in [1.82, 2.24) is 4.72 Å². The summed E-state index contributed by atoms with van der Waals surface area (Å²) >= 11 is 1.87. The molecule has 0 spiro atoms. The maximum Gasteiger partial charge on any atom is 0.242 e. The normalized spacial score (nSPS) is 19.9. The molecular weight excluding hydrogens is 270 g/mol. The van der Waals surface area contributed by atoms with Crippen LogP contribution in [-0.4, -0.2) is 33.0 Å². The Morgan fingerprint density at radius 3 is 2.83 bits per heavy atom. The zero-order valence-electron chi connectivity index (χ0n) is 10.1. The van der Waals surface area contributed by atoms with Crippen LogP contribution in [0.1, 0.15) is 6.42 Å². The maximum atomic E-state index is 11.9. The van der Waals surface area contributed by atoms with Crippen molar-refractivity contribution in [3.05, 3.63) is 18.2 Å². The molecule has 0 bridgehead atoms. The van der Waals surface area contributed by atoms with Gasteiger partial charge in [-0.05, 0) is 37.4 Å². The van der Waals surface area contributed by atoms with Gasteiger partial charge in [0.25, 0.3) is 0 Å². The Morgan fingerprint density at radius 2 is 2.22 bits per heavy atom. The van der Waals surface area contributed by atoms with Crippen LogP contribution >= 0.6 is 11.8 Å². The molecule has 1 unspecified atom stereocenters. The van der Waals surface area contributed by atoms with E-state index in [1.165, 1.54) is 13.1 Å². The van der Waals surface area contributed by atoms with E-state index in [-0.39, 0.29) is 4.90 Å². The molecule has 1 aromatic carbocycles. The number of hydrogen-bond donors (Lipinski definition) is 3. The quantitative estimate of drug-likeness (QED) is 0.722. The minimum atomic E-state index is -3.49. The first-order valence-corrected chi connectivity index (χ1v) is 8.34. The second kappa shape index (κ2) is 5.38. The maximum absolute atomic E-state index is 11.9.